The molecule has 1 aliphatic heterocycles. The maximum Gasteiger partial charge on any atom is 0.253 e. The number of hydrogen-bond donors (Lipinski definition) is 1. The molecule has 1 aliphatic carbocycles. The second kappa shape index (κ2) is 7.73. The molecule has 0 unspecified atom stereocenters. The van der Waals surface area contributed by atoms with Gasteiger partial charge >= 0.3 is 0 Å². The first-order valence-electron chi connectivity index (χ1n) is 11.6. The molecule has 2 fully saturated rings. The Balaban J connectivity index is 1.24. The van der Waals surface area contributed by atoms with Crippen LogP contribution in [0.1, 0.15) is 18.4 Å². The Labute approximate surface area is 192 Å². The Bertz CT molecular complexity index is 1410. The van der Waals surface area contributed by atoms with Crippen LogP contribution in [0.3, 0.4) is 0 Å². The first-order valence-corrected chi connectivity index (χ1v) is 11.6. The van der Waals surface area contributed by atoms with E-state index in [-0.39, 0.29) is 10.9 Å². The van der Waals surface area contributed by atoms with Gasteiger partial charge in [0, 0.05) is 43.2 Å². The van der Waals surface area contributed by atoms with Crippen molar-refractivity contribution in [2.75, 3.05) is 41.3 Å². The largest absolute Gasteiger partial charge is 0.377 e. The van der Waals surface area contributed by atoms with Crippen LogP contribution in [0.5, 0.6) is 0 Å². The minimum atomic E-state index is -0.362. The predicted molar refractivity (Wildman–Crippen MR) is 134 cm³/mol. The molecule has 0 radical (unpaired) electrons. The average molecular weight is 439 g/mol. The number of anilines is 3. The van der Waals surface area contributed by atoms with E-state index in [1.165, 1.54) is 5.56 Å². The topological polar surface area (TPSA) is 65.5 Å². The van der Waals surface area contributed by atoms with E-state index in [1.807, 2.05) is 0 Å². The standard InChI is InChI=1S/C27H26N4O2/c1-17-5-7-18(8-6-17)21-4-2-3-19-9-12-22(29-23(19)21)30-13-15-31(16-14-30)25-24(26(32)27(25)33)28-20-10-11-20/h2-9,12,20,28H,10-11,13-16H2,1H3. The monoisotopic (exact) mass is 438 g/mol. The van der Waals surface area contributed by atoms with E-state index in [2.05, 4.69) is 76.6 Å². The zero-order valence-corrected chi connectivity index (χ0v) is 18.7. The fourth-order valence-electron chi connectivity index (χ4n) is 4.69. The molecule has 0 bridgehead atoms. The quantitative estimate of drug-likeness (QED) is 0.479. The van der Waals surface area contributed by atoms with Crippen molar-refractivity contribution in [3.8, 4) is 11.1 Å². The van der Waals surface area contributed by atoms with Gasteiger partial charge < -0.3 is 15.1 Å². The molecule has 1 saturated heterocycles. The Morgan fingerprint density at radius 3 is 2.30 bits per heavy atom. The SMILES string of the molecule is Cc1ccc(-c2cccc3ccc(N4CCN(c5c(NC6CC6)c(=O)c5=O)CC4)nc23)cc1. The van der Waals surface area contributed by atoms with Crippen molar-refractivity contribution in [3.05, 3.63) is 80.6 Å². The van der Waals surface area contributed by atoms with Crippen LogP contribution in [0.25, 0.3) is 22.0 Å². The molecule has 6 nitrogen and oxygen atoms in total. The van der Waals surface area contributed by atoms with Gasteiger partial charge in [-0.15, -0.1) is 0 Å². The summed E-state index contributed by atoms with van der Waals surface area (Å²) in [6.45, 7) is 5.00. The highest BCUT2D eigenvalue weighted by atomic mass is 16.2. The fraction of sp³-hybridized carbons (Fsp3) is 0.296. The first-order chi connectivity index (χ1) is 16.1. The molecule has 1 aromatic heterocycles. The summed E-state index contributed by atoms with van der Waals surface area (Å²) in [6, 6.07) is 19.4. The average Bonchev–Trinajstić information content (AvgIpc) is 3.68. The predicted octanol–water partition coefficient (Wildman–Crippen LogP) is 3.71. The second-order valence-electron chi connectivity index (χ2n) is 9.19. The number of para-hydroxylation sites is 1. The van der Waals surface area contributed by atoms with Crippen LogP contribution < -0.4 is 26.0 Å². The molecule has 4 aromatic rings. The molecular weight excluding hydrogens is 412 g/mol. The van der Waals surface area contributed by atoms with Crippen molar-refractivity contribution in [2.24, 2.45) is 0 Å². The van der Waals surface area contributed by atoms with Crippen LogP contribution in [0.4, 0.5) is 17.2 Å². The number of rotatable bonds is 5. The smallest absolute Gasteiger partial charge is 0.253 e. The summed E-state index contributed by atoms with van der Waals surface area (Å²) in [4.78, 5) is 33.7. The van der Waals surface area contributed by atoms with Crippen molar-refractivity contribution in [3.63, 3.8) is 0 Å². The summed E-state index contributed by atoms with van der Waals surface area (Å²) in [5.41, 5.74) is 4.94. The number of hydrogen-bond acceptors (Lipinski definition) is 6. The summed E-state index contributed by atoms with van der Waals surface area (Å²) in [5.74, 6) is 0.947. The van der Waals surface area contributed by atoms with Gasteiger partial charge in [0.15, 0.2) is 0 Å². The van der Waals surface area contributed by atoms with Gasteiger partial charge in [0.2, 0.25) is 0 Å². The van der Waals surface area contributed by atoms with E-state index in [1.54, 1.807) is 0 Å². The zero-order valence-electron chi connectivity index (χ0n) is 18.7. The lowest BCUT2D eigenvalue weighted by molar-refractivity contribution is 0.645. The molecule has 2 heterocycles. The minimum Gasteiger partial charge on any atom is -0.377 e. The van der Waals surface area contributed by atoms with E-state index in [4.69, 9.17) is 4.98 Å². The lowest BCUT2D eigenvalue weighted by Crippen LogP contribution is -2.52. The van der Waals surface area contributed by atoms with Gasteiger partial charge in [0.1, 0.15) is 17.2 Å². The summed E-state index contributed by atoms with van der Waals surface area (Å²) in [5, 5.41) is 4.37. The number of piperazine rings is 1. The Hall–Kier alpha value is -3.67. The number of benzene rings is 2. The van der Waals surface area contributed by atoms with E-state index >= 15 is 0 Å². The summed E-state index contributed by atoms with van der Waals surface area (Å²) >= 11 is 0. The van der Waals surface area contributed by atoms with E-state index in [0.717, 1.165) is 53.8 Å². The van der Waals surface area contributed by atoms with Crippen molar-refractivity contribution in [2.45, 2.75) is 25.8 Å². The van der Waals surface area contributed by atoms with Crippen molar-refractivity contribution < 1.29 is 0 Å². The molecule has 1 N–H and O–H groups in total. The van der Waals surface area contributed by atoms with Gasteiger partial charge in [0.25, 0.3) is 10.9 Å². The lowest BCUT2D eigenvalue weighted by Gasteiger charge is -2.37. The number of pyridine rings is 1. The van der Waals surface area contributed by atoms with E-state index in [9.17, 15) is 9.59 Å². The Morgan fingerprint density at radius 1 is 0.848 bits per heavy atom. The Morgan fingerprint density at radius 2 is 1.58 bits per heavy atom. The molecule has 6 heteroatoms. The molecular formula is C27H26N4O2. The molecule has 3 aromatic carbocycles. The molecule has 33 heavy (non-hydrogen) atoms. The number of fused-ring (bicyclic) bond motifs is 1. The molecule has 0 amide bonds. The minimum absolute atomic E-state index is 0.349. The van der Waals surface area contributed by atoms with Gasteiger partial charge in [-0.2, -0.15) is 0 Å². The van der Waals surface area contributed by atoms with Crippen LogP contribution in [-0.4, -0.2) is 37.2 Å². The van der Waals surface area contributed by atoms with Crippen LogP contribution in [0, 0.1) is 6.92 Å². The molecule has 0 spiro atoms. The lowest BCUT2D eigenvalue weighted by atomic mass is 10.0. The third-order valence-electron chi connectivity index (χ3n) is 6.80. The highest BCUT2D eigenvalue weighted by Crippen LogP contribution is 2.31. The molecule has 0 atom stereocenters. The number of nitrogens with one attached hydrogen (secondary N) is 1. The van der Waals surface area contributed by atoms with Gasteiger partial charge in [-0.05, 0) is 37.5 Å². The van der Waals surface area contributed by atoms with Gasteiger partial charge in [-0.1, -0.05) is 48.0 Å². The molecule has 1 saturated carbocycles. The van der Waals surface area contributed by atoms with E-state index < -0.39 is 0 Å². The summed E-state index contributed by atoms with van der Waals surface area (Å²) in [6.07, 6.45) is 2.15. The van der Waals surface area contributed by atoms with Crippen molar-refractivity contribution >= 4 is 28.1 Å². The Kier molecular flexibility index (Phi) is 4.68. The van der Waals surface area contributed by atoms with Crippen LogP contribution in [0.15, 0.2) is 64.2 Å². The van der Waals surface area contributed by atoms with Crippen LogP contribution in [-0.2, 0) is 0 Å². The van der Waals surface area contributed by atoms with Gasteiger partial charge in [-0.3, -0.25) is 9.59 Å². The maximum absolute atomic E-state index is 12.2. The van der Waals surface area contributed by atoms with Crippen LogP contribution in [0.2, 0.25) is 0 Å². The highest BCUT2D eigenvalue weighted by molar-refractivity contribution is 5.94. The molecule has 2 aliphatic rings. The number of aryl methyl sites for hydroxylation is 1. The van der Waals surface area contributed by atoms with Crippen LogP contribution >= 0.6 is 0 Å². The van der Waals surface area contributed by atoms with Gasteiger partial charge in [0.05, 0.1) is 5.52 Å². The third kappa shape index (κ3) is 3.55. The van der Waals surface area contributed by atoms with E-state index in [0.29, 0.717) is 30.5 Å². The zero-order chi connectivity index (χ0) is 22.5. The molecule has 6 rings (SSSR count). The normalized spacial score (nSPS) is 16.5. The fourth-order valence-corrected chi connectivity index (χ4v) is 4.69. The number of aromatic nitrogens is 1. The van der Waals surface area contributed by atoms with Crippen molar-refractivity contribution in [1.82, 2.24) is 4.98 Å². The number of nitrogens with zero attached hydrogens (tertiary/aromatic N) is 3. The maximum atomic E-state index is 12.2. The highest BCUT2D eigenvalue weighted by Gasteiger charge is 2.32. The van der Waals surface area contributed by atoms with Crippen molar-refractivity contribution in [1.29, 1.82) is 0 Å². The van der Waals surface area contributed by atoms with Gasteiger partial charge in [-0.25, -0.2) is 4.98 Å². The third-order valence-corrected chi connectivity index (χ3v) is 6.80. The second-order valence-corrected chi connectivity index (χ2v) is 9.19. The summed E-state index contributed by atoms with van der Waals surface area (Å²) < 4.78 is 0. The first kappa shape index (κ1) is 20.0. The molecule has 166 valence electrons. The summed E-state index contributed by atoms with van der Waals surface area (Å²) in [7, 11) is 0.